The molecule has 1 aromatic rings. The van der Waals surface area contributed by atoms with Crippen LogP contribution >= 0.6 is 0 Å². The van der Waals surface area contributed by atoms with Crippen LogP contribution in [0.1, 0.15) is 23.2 Å². The zero-order valence-electron chi connectivity index (χ0n) is 8.73. The monoisotopic (exact) mass is 240 g/mol. The Labute approximate surface area is 112 Å². The summed E-state index contributed by atoms with van der Waals surface area (Å²) in [6, 6.07) is 1.16. The maximum Gasteiger partial charge on any atom is 1.00 e. The molecule has 0 aliphatic rings. The molecule has 15 heavy (non-hydrogen) atoms. The van der Waals surface area contributed by atoms with Gasteiger partial charge in [0, 0.05) is 12.5 Å². The van der Waals surface area contributed by atoms with Gasteiger partial charge in [-0.15, -0.1) is 0 Å². The van der Waals surface area contributed by atoms with Crippen LogP contribution in [0.3, 0.4) is 0 Å². The van der Waals surface area contributed by atoms with Gasteiger partial charge in [0.2, 0.25) is 5.76 Å². The fourth-order valence-corrected chi connectivity index (χ4v) is 1.58. The largest absolute Gasteiger partial charge is 1.00 e. The third-order valence-electron chi connectivity index (χ3n) is 1.66. The predicted octanol–water partition coefficient (Wildman–Crippen LogP) is -2.13. The van der Waals surface area contributed by atoms with Crippen LogP contribution in [0.2, 0.25) is 0 Å². The summed E-state index contributed by atoms with van der Waals surface area (Å²) >= 11 is -2.39. The topological polar surface area (TPSA) is 79.6 Å². The second-order valence-electron chi connectivity index (χ2n) is 2.48. The summed E-state index contributed by atoms with van der Waals surface area (Å²) in [4.78, 5) is 11.0. The van der Waals surface area contributed by atoms with Gasteiger partial charge in [-0.3, -0.25) is 4.21 Å². The van der Waals surface area contributed by atoms with E-state index >= 15 is 0 Å². The normalized spacial score (nSPS) is 11.7. The summed E-state index contributed by atoms with van der Waals surface area (Å²) in [5.41, 5.74) is 0. The van der Waals surface area contributed by atoms with E-state index in [1.54, 1.807) is 6.92 Å². The molecule has 1 rings (SSSR count). The summed E-state index contributed by atoms with van der Waals surface area (Å²) < 4.78 is 30.8. The van der Waals surface area contributed by atoms with E-state index in [4.69, 9.17) is 4.42 Å². The van der Waals surface area contributed by atoms with E-state index in [2.05, 4.69) is 4.74 Å². The van der Waals surface area contributed by atoms with Gasteiger partial charge in [0.1, 0.15) is 5.76 Å². The maximum atomic E-state index is 11.0. The van der Waals surface area contributed by atoms with Crippen LogP contribution in [0, 0.1) is 0 Å². The van der Waals surface area contributed by atoms with Crippen molar-refractivity contribution >= 4 is 17.0 Å². The van der Waals surface area contributed by atoms with E-state index in [9.17, 15) is 13.6 Å². The van der Waals surface area contributed by atoms with E-state index in [1.807, 2.05) is 0 Å². The molecule has 0 N–H and O–H groups in total. The summed E-state index contributed by atoms with van der Waals surface area (Å²) in [5.74, 6) is -0.515. The van der Waals surface area contributed by atoms with Gasteiger partial charge in [-0.1, -0.05) is 6.92 Å². The molecule has 0 aromatic carbocycles. The van der Waals surface area contributed by atoms with Crippen molar-refractivity contribution in [3.05, 3.63) is 17.6 Å². The van der Waals surface area contributed by atoms with Gasteiger partial charge in [0.25, 0.3) is 0 Å². The van der Waals surface area contributed by atoms with Crippen LogP contribution < -0.4 is 29.6 Å². The van der Waals surface area contributed by atoms with Crippen molar-refractivity contribution in [2.24, 2.45) is 0 Å². The molecule has 0 radical (unpaired) electrons. The Morgan fingerprint density at radius 3 is 2.60 bits per heavy atom. The van der Waals surface area contributed by atoms with Gasteiger partial charge in [-0.2, -0.15) is 0 Å². The molecule has 5 nitrogen and oxygen atoms in total. The number of furan rings is 1. The summed E-state index contributed by atoms with van der Waals surface area (Å²) in [5, 5.41) is 0. The summed E-state index contributed by atoms with van der Waals surface area (Å²) in [7, 11) is 1.20. The third kappa shape index (κ3) is 3.42. The van der Waals surface area contributed by atoms with Gasteiger partial charge in [0.15, 0.2) is 0 Å². The van der Waals surface area contributed by atoms with Crippen LogP contribution in [0.4, 0.5) is 0 Å². The molecule has 0 aliphatic carbocycles. The molecule has 1 unspecified atom stereocenters. The van der Waals surface area contributed by atoms with E-state index in [-0.39, 0.29) is 46.0 Å². The SMILES string of the molecule is CCc1oc(C(=O)OC)cc1S(=O)[O-].[Na+]. The van der Waals surface area contributed by atoms with Crippen molar-refractivity contribution in [1.82, 2.24) is 0 Å². The number of rotatable bonds is 3. The molecule has 0 amide bonds. The molecule has 0 aliphatic heterocycles. The minimum atomic E-state index is -2.39. The molecule has 7 heteroatoms. The Morgan fingerprint density at radius 1 is 1.67 bits per heavy atom. The molecule has 78 valence electrons. The fraction of sp³-hybridized carbons (Fsp3) is 0.375. The van der Waals surface area contributed by atoms with Crippen LogP contribution in [0.15, 0.2) is 15.4 Å². The first-order chi connectivity index (χ1) is 6.60. The molecule has 0 bridgehead atoms. The number of carbonyl (C=O) groups excluding carboxylic acids is 1. The number of methoxy groups -OCH3 is 1. The Balaban J connectivity index is 0.00000196. The van der Waals surface area contributed by atoms with Gasteiger partial charge >= 0.3 is 35.5 Å². The zero-order chi connectivity index (χ0) is 10.7. The third-order valence-corrected chi connectivity index (χ3v) is 2.36. The van der Waals surface area contributed by atoms with Crippen molar-refractivity contribution in [3.63, 3.8) is 0 Å². The van der Waals surface area contributed by atoms with Crippen molar-refractivity contribution in [2.45, 2.75) is 18.2 Å². The molecule has 0 saturated carbocycles. The van der Waals surface area contributed by atoms with Crippen LogP contribution in [0.25, 0.3) is 0 Å². The van der Waals surface area contributed by atoms with Gasteiger partial charge in [0.05, 0.1) is 12.0 Å². The van der Waals surface area contributed by atoms with Crippen LogP contribution in [-0.2, 0) is 22.2 Å². The van der Waals surface area contributed by atoms with Crippen molar-refractivity contribution in [1.29, 1.82) is 0 Å². The average Bonchev–Trinajstić information content (AvgIpc) is 2.60. The average molecular weight is 240 g/mol. The molecule has 1 aromatic heterocycles. The second kappa shape index (κ2) is 6.44. The molecule has 0 saturated heterocycles. The molecule has 1 heterocycles. The van der Waals surface area contributed by atoms with E-state index in [1.165, 1.54) is 7.11 Å². The van der Waals surface area contributed by atoms with Crippen LogP contribution in [-0.4, -0.2) is 21.8 Å². The van der Waals surface area contributed by atoms with Crippen molar-refractivity contribution in [3.8, 4) is 0 Å². The predicted molar refractivity (Wildman–Crippen MR) is 46.6 cm³/mol. The smallest absolute Gasteiger partial charge is 0.768 e. The quantitative estimate of drug-likeness (QED) is 0.342. The minimum absolute atomic E-state index is 0. The first kappa shape index (κ1) is 14.9. The zero-order valence-corrected chi connectivity index (χ0v) is 11.6. The van der Waals surface area contributed by atoms with Crippen LogP contribution in [0.5, 0.6) is 0 Å². The van der Waals surface area contributed by atoms with E-state index in [0.29, 0.717) is 6.42 Å². The van der Waals surface area contributed by atoms with Gasteiger partial charge < -0.3 is 13.7 Å². The van der Waals surface area contributed by atoms with E-state index < -0.39 is 17.0 Å². The van der Waals surface area contributed by atoms with Crippen molar-refractivity contribution in [2.75, 3.05) is 7.11 Å². The van der Waals surface area contributed by atoms with E-state index in [0.717, 1.165) is 6.07 Å². The second-order valence-corrected chi connectivity index (χ2v) is 3.39. The number of carbonyl (C=O) groups is 1. The Bertz CT molecular complexity index is 373. The fourth-order valence-electron chi connectivity index (χ4n) is 1.00. The Morgan fingerprint density at radius 2 is 2.27 bits per heavy atom. The number of hydrogen-bond acceptors (Lipinski definition) is 5. The standard InChI is InChI=1S/C8H10O5S.Na/c1-3-5-7(14(10)11)4-6(13-5)8(9)12-2;/h4H,3H2,1-2H3,(H,10,11);/q;+1/p-1. The molecule has 1 atom stereocenters. The number of esters is 1. The van der Waals surface area contributed by atoms with Crippen molar-refractivity contribution < 1.29 is 52.3 Å². The summed E-state index contributed by atoms with van der Waals surface area (Å²) in [6.07, 6.45) is 0.403. The molecular formula is C8H9NaO5S. The Kier molecular flexibility index (Phi) is 6.38. The Hall–Kier alpha value is -0.140. The minimum Gasteiger partial charge on any atom is -0.768 e. The maximum absolute atomic E-state index is 11.0. The molecule has 0 spiro atoms. The molecule has 0 fully saturated rings. The molecular weight excluding hydrogens is 231 g/mol. The van der Waals surface area contributed by atoms with Gasteiger partial charge in [-0.25, -0.2) is 4.79 Å². The number of ether oxygens (including phenoxy) is 1. The first-order valence-corrected chi connectivity index (χ1v) is 4.98. The number of hydrogen-bond donors (Lipinski definition) is 0. The van der Waals surface area contributed by atoms with Gasteiger partial charge in [-0.05, 0) is 11.1 Å². The summed E-state index contributed by atoms with van der Waals surface area (Å²) in [6.45, 7) is 1.73. The number of aryl methyl sites for hydroxylation is 1. The first-order valence-electron chi connectivity index (χ1n) is 3.90.